The summed E-state index contributed by atoms with van der Waals surface area (Å²) in [7, 11) is 0. The van der Waals surface area contributed by atoms with Crippen LogP contribution >= 0.6 is 11.6 Å². The summed E-state index contributed by atoms with van der Waals surface area (Å²) < 4.78 is 0. The second-order valence-electron chi connectivity index (χ2n) is 4.59. The second kappa shape index (κ2) is 5.93. The molecule has 1 aromatic heterocycles. The summed E-state index contributed by atoms with van der Waals surface area (Å²) in [5.41, 5.74) is 3.95. The first-order valence-electron chi connectivity index (χ1n) is 6.45. The van der Waals surface area contributed by atoms with Crippen LogP contribution in [0.2, 0.25) is 5.02 Å². The predicted octanol–water partition coefficient (Wildman–Crippen LogP) is 3.28. The molecule has 0 saturated carbocycles. The molecule has 8 nitrogen and oxygen atoms in total. The molecule has 0 atom stereocenters. The number of nitrogens with zero attached hydrogens (tertiary/aromatic N) is 3. The molecular formula is C14H10ClN5O3. The monoisotopic (exact) mass is 331 g/mol. The van der Waals surface area contributed by atoms with Crippen molar-refractivity contribution < 1.29 is 10.0 Å². The lowest BCUT2D eigenvalue weighted by molar-refractivity contribution is -0.385. The molecule has 3 aromatic rings. The summed E-state index contributed by atoms with van der Waals surface area (Å²) >= 11 is 5.89. The van der Waals surface area contributed by atoms with Crippen molar-refractivity contribution in [1.29, 1.82) is 0 Å². The molecule has 116 valence electrons. The number of nitro groups is 1. The Kier molecular flexibility index (Phi) is 3.82. The van der Waals surface area contributed by atoms with Crippen molar-refractivity contribution in [1.82, 2.24) is 9.97 Å². The third-order valence-electron chi connectivity index (χ3n) is 3.06. The normalized spacial score (nSPS) is 11.2. The van der Waals surface area contributed by atoms with Crippen molar-refractivity contribution in [2.75, 3.05) is 5.43 Å². The van der Waals surface area contributed by atoms with E-state index >= 15 is 0 Å². The number of phenolic OH excluding ortho intramolecular Hbond substituents is 1. The van der Waals surface area contributed by atoms with Gasteiger partial charge in [-0.15, -0.1) is 0 Å². The standard InChI is InChI=1S/C14H10ClN5O3/c15-9-4-5-10-11(6-9)18-14(17-10)19-16-7-8-2-1-3-12(13(8)21)20(22)23/h1-7,21H,(H2,17,18,19). The number of rotatable bonds is 4. The first kappa shape index (κ1) is 14.8. The summed E-state index contributed by atoms with van der Waals surface area (Å²) in [6, 6.07) is 9.39. The third kappa shape index (κ3) is 3.06. The zero-order valence-electron chi connectivity index (χ0n) is 11.5. The quantitative estimate of drug-likeness (QED) is 0.385. The maximum Gasteiger partial charge on any atom is 0.311 e. The maximum absolute atomic E-state index is 10.8. The highest BCUT2D eigenvalue weighted by atomic mass is 35.5. The van der Waals surface area contributed by atoms with Crippen molar-refractivity contribution in [3.63, 3.8) is 0 Å². The molecule has 3 N–H and O–H groups in total. The third-order valence-corrected chi connectivity index (χ3v) is 3.30. The Bertz CT molecular complexity index is 922. The highest BCUT2D eigenvalue weighted by molar-refractivity contribution is 6.31. The number of hydrogen-bond acceptors (Lipinski definition) is 6. The lowest BCUT2D eigenvalue weighted by Crippen LogP contribution is -1.95. The van der Waals surface area contributed by atoms with Crippen LogP contribution in [0.25, 0.3) is 11.0 Å². The Morgan fingerprint density at radius 3 is 3.00 bits per heavy atom. The van der Waals surface area contributed by atoms with Crippen LogP contribution in [0.3, 0.4) is 0 Å². The topological polar surface area (TPSA) is 116 Å². The van der Waals surface area contributed by atoms with Crippen molar-refractivity contribution in [2.24, 2.45) is 5.10 Å². The molecule has 0 unspecified atom stereocenters. The predicted molar refractivity (Wildman–Crippen MR) is 87.1 cm³/mol. The number of benzene rings is 2. The van der Waals surface area contributed by atoms with Crippen molar-refractivity contribution in [3.05, 3.63) is 57.1 Å². The van der Waals surface area contributed by atoms with Gasteiger partial charge in [-0.3, -0.25) is 10.1 Å². The van der Waals surface area contributed by atoms with Gasteiger partial charge >= 0.3 is 5.69 Å². The number of anilines is 1. The van der Waals surface area contributed by atoms with E-state index in [4.69, 9.17) is 11.6 Å². The van der Waals surface area contributed by atoms with E-state index in [1.54, 1.807) is 18.2 Å². The van der Waals surface area contributed by atoms with E-state index in [1.807, 2.05) is 0 Å². The molecule has 23 heavy (non-hydrogen) atoms. The number of para-hydroxylation sites is 1. The number of hydrogen-bond donors (Lipinski definition) is 3. The lowest BCUT2D eigenvalue weighted by Gasteiger charge is -1.99. The number of hydrazone groups is 1. The van der Waals surface area contributed by atoms with Gasteiger partial charge in [-0.1, -0.05) is 17.7 Å². The fraction of sp³-hybridized carbons (Fsp3) is 0. The number of aromatic hydroxyl groups is 1. The fourth-order valence-corrected chi connectivity index (χ4v) is 2.17. The zero-order chi connectivity index (χ0) is 16.4. The Morgan fingerprint density at radius 1 is 1.39 bits per heavy atom. The van der Waals surface area contributed by atoms with E-state index < -0.39 is 10.7 Å². The number of phenols is 1. The molecule has 0 fully saturated rings. The Morgan fingerprint density at radius 2 is 2.22 bits per heavy atom. The molecule has 0 saturated heterocycles. The minimum Gasteiger partial charge on any atom is -0.502 e. The Balaban J connectivity index is 1.80. The van der Waals surface area contributed by atoms with Gasteiger partial charge in [0.15, 0.2) is 0 Å². The summed E-state index contributed by atoms with van der Waals surface area (Å²) in [4.78, 5) is 17.3. The van der Waals surface area contributed by atoms with Crippen molar-refractivity contribution in [2.45, 2.75) is 0 Å². The highest BCUT2D eigenvalue weighted by Crippen LogP contribution is 2.28. The summed E-state index contributed by atoms with van der Waals surface area (Å²) in [5, 5.41) is 25.0. The lowest BCUT2D eigenvalue weighted by atomic mass is 10.2. The minimum absolute atomic E-state index is 0.214. The molecule has 0 bridgehead atoms. The molecule has 1 heterocycles. The van der Waals surface area contributed by atoms with Gasteiger partial charge in [0.1, 0.15) is 0 Å². The van der Waals surface area contributed by atoms with Crippen LogP contribution in [0.15, 0.2) is 41.5 Å². The molecular weight excluding hydrogens is 322 g/mol. The van der Waals surface area contributed by atoms with E-state index in [9.17, 15) is 15.2 Å². The van der Waals surface area contributed by atoms with Crippen LogP contribution in [-0.2, 0) is 0 Å². The maximum atomic E-state index is 10.8. The van der Waals surface area contributed by atoms with Crippen LogP contribution in [0.4, 0.5) is 11.6 Å². The first-order valence-corrected chi connectivity index (χ1v) is 6.83. The zero-order valence-corrected chi connectivity index (χ0v) is 12.3. The van der Waals surface area contributed by atoms with E-state index in [0.29, 0.717) is 16.5 Å². The first-order chi connectivity index (χ1) is 11.0. The molecule has 9 heteroatoms. The number of imidazole rings is 1. The molecule has 0 aliphatic carbocycles. The molecule has 2 aromatic carbocycles. The number of aromatic amines is 1. The Hall–Kier alpha value is -3.13. The van der Waals surface area contributed by atoms with E-state index in [-0.39, 0.29) is 11.3 Å². The molecule has 0 aliphatic heterocycles. The fourth-order valence-electron chi connectivity index (χ4n) is 2.00. The van der Waals surface area contributed by atoms with Gasteiger partial charge < -0.3 is 10.1 Å². The van der Waals surface area contributed by atoms with Gasteiger partial charge in [0.05, 0.1) is 22.2 Å². The van der Waals surface area contributed by atoms with Crippen LogP contribution in [0.5, 0.6) is 5.75 Å². The number of fused-ring (bicyclic) bond motifs is 1. The molecule has 0 amide bonds. The molecule has 0 spiro atoms. The van der Waals surface area contributed by atoms with Gasteiger partial charge in [0.25, 0.3) is 0 Å². The number of H-pyrrole nitrogens is 1. The minimum atomic E-state index is -0.664. The number of nitro benzene ring substituents is 1. The average Bonchev–Trinajstić information content (AvgIpc) is 2.90. The van der Waals surface area contributed by atoms with E-state index in [2.05, 4.69) is 20.5 Å². The smallest absolute Gasteiger partial charge is 0.311 e. The molecule has 3 rings (SSSR count). The van der Waals surface area contributed by atoms with Crippen LogP contribution in [-0.4, -0.2) is 26.2 Å². The SMILES string of the molecule is O=[N+]([O-])c1cccc(C=NNc2nc3ccc(Cl)cc3[nH]2)c1O. The molecule has 0 aliphatic rings. The van der Waals surface area contributed by atoms with Crippen LogP contribution < -0.4 is 5.43 Å². The number of aromatic nitrogens is 2. The Labute approximate surface area is 134 Å². The summed E-state index contributed by atoms with van der Waals surface area (Å²) in [6.45, 7) is 0. The van der Waals surface area contributed by atoms with Crippen molar-refractivity contribution in [3.8, 4) is 5.75 Å². The average molecular weight is 332 g/mol. The van der Waals surface area contributed by atoms with Gasteiger partial charge in [-0.2, -0.15) is 5.10 Å². The van der Waals surface area contributed by atoms with Crippen molar-refractivity contribution >= 4 is 40.5 Å². The molecule has 0 radical (unpaired) electrons. The van der Waals surface area contributed by atoms with Crippen LogP contribution in [0, 0.1) is 10.1 Å². The largest absolute Gasteiger partial charge is 0.502 e. The summed E-state index contributed by atoms with van der Waals surface area (Å²) in [5.74, 6) is -0.0668. The second-order valence-corrected chi connectivity index (χ2v) is 5.03. The highest BCUT2D eigenvalue weighted by Gasteiger charge is 2.15. The number of halogens is 1. The van der Waals surface area contributed by atoms with Gasteiger partial charge in [0, 0.05) is 16.7 Å². The van der Waals surface area contributed by atoms with E-state index in [0.717, 1.165) is 5.52 Å². The van der Waals surface area contributed by atoms with Gasteiger partial charge in [-0.05, 0) is 24.3 Å². The van der Waals surface area contributed by atoms with Gasteiger partial charge in [-0.25, -0.2) is 10.4 Å². The van der Waals surface area contributed by atoms with Gasteiger partial charge in [0.2, 0.25) is 11.7 Å². The van der Waals surface area contributed by atoms with E-state index in [1.165, 1.54) is 24.4 Å². The number of nitrogens with one attached hydrogen (secondary N) is 2. The van der Waals surface area contributed by atoms with Crippen LogP contribution in [0.1, 0.15) is 5.56 Å². The summed E-state index contributed by atoms with van der Waals surface area (Å²) in [6.07, 6.45) is 1.27.